The summed E-state index contributed by atoms with van der Waals surface area (Å²) in [6.45, 7) is 2.13. The quantitative estimate of drug-likeness (QED) is 0.784. The zero-order valence-corrected chi connectivity index (χ0v) is 13.5. The van der Waals surface area contributed by atoms with E-state index in [9.17, 15) is 8.42 Å². The van der Waals surface area contributed by atoms with Gasteiger partial charge in [0, 0.05) is 17.3 Å². The van der Waals surface area contributed by atoms with Gasteiger partial charge in [0.15, 0.2) is 0 Å². The Morgan fingerprint density at radius 3 is 2.65 bits per heavy atom. The minimum atomic E-state index is -3.51. The molecule has 0 saturated heterocycles. The number of fused-ring (bicyclic) bond motifs is 1. The summed E-state index contributed by atoms with van der Waals surface area (Å²) in [5.41, 5.74) is 3.37. The van der Waals surface area contributed by atoms with Gasteiger partial charge in [0.05, 0.1) is 12.2 Å². The van der Waals surface area contributed by atoms with Crippen molar-refractivity contribution in [2.75, 3.05) is 0 Å². The lowest BCUT2D eigenvalue weighted by Crippen LogP contribution is -2.20. The van der Waals surface area contributed by atoms with E-state index in [-0.39, 0.29) is 6.54 Å². The van der Waals surface area contributed by atoms with Crippen LogP contribution in [0.2, 0.25) is 0 Å². The Labute approximate surface area is 135 Å². The van der Waals surface area contributed by atoms with Crippen LogP contribution in [-0.4, -0.2) is 17.8 Å². The van der Waals surface area contributed by atoms with E-state index >= 15 is 0 Å². The second-order valence-electron chi connectivity index (χ2n) is 5.21. The molecule has 2 heterocycles. The predicted molar refractivity (Wildman–Crippen MR) is 91.2 cm³/mol. The number of benzene rings is 1. The number of nitrogens with zero attached hydrogens (tertiary/aromatic N) is 2. The molecule has 23 heavy (non-hydrogen) atoms. The summed E-state index contributed by atoms with van der Waals surface area (Å²) in [7, 11) is -3.51. The predicted octanol–water partition coefficient (Wildman–Crippen LogP) is 2.73. The highest BCUT2D eigenvalue weighted by molar-refractivity contribution is 7.92. The van der Waals surface area contributed by atoms with Crippen LogP contribution in [0.25, 0.3) is 11.7 Å². The Bertz CT molecular complexity index is 944. The maximum atomic E-state index is 12.0. The minimum Gasteiger partial charge on any atom is -0.304 e. The molecule has 3 aromatic rings. The van der Waals surface area contributed by atoms with Gasteiger partial charge in [-0.1, -0.05) is 36.4 Å². The first-order valence-corrected chi connectivity index (χ1v) is 8.74. The van der Waals surface area contributed by atoms with Crippen LogP contribution >= 0.6 is 0 Å². The van der Waals surface area contributed by atoms with E-state index in [0.717, 1.165) is 16.9 Å². The smallest absolute Gasteiger partial charge is 0.234 e. The van der Waals surface area contributed by atoms with E-state index in [1.54, 1.807) is 6.08 Å². The van der Waals surface area contributed by atoms with Crippen LogP contribution in [0.4, 0.5) is 0 Å². The summed E-state index contributed by atoms with van der Waals surface area (Å²) >= 11 is 0. The SMILES string of the molecule is Cc1cccc2nc(CNS(=O)(=O)C=Cc3ccccc3)cn12. The Morgan fingerprint density at radius 1 is 1.13 bits per heavy atom. The van der Waals surface area contributed by atoms with E-state index < -0.39 is 10.0 Å². The van der Waals surface area contributed by atoms with E-state index in [1.807, 2.05) is 66.1 Å². The first-order valence-electron chi connectivity index (χ1n) is 7.20. The molecule has 0 bridgehead atoms. The molecule has 0 spiro atoms. The van der Waals surface area contributed by atoms with Crippen LogP contribution in [0.5, 0.6) is 0 Å². The fourth-order valence-electron chi connectivity index (χ4n) is 2.24. The van der Waals surface area contributed by atoms with E-state index in [0.29, 0.717) is 5.69 Å². The minimum absolute atomic E-state index is 0.155. The Hall–Kier alpha value is -2.44. The molecule has 0 aliphatic heterocycles. The number of imidazole rings is 1. The molecule has 0 aliphatic rings. The van der Waals surface area contributed by atoms with Crippen molar-refractivity contribution in [2.45, 2.75) is 13.5 Å². The molecule has 0 fully saturated rings. The molecular weight excluding hydrogens is 310 g/mol. The first kappa shape index (κ1) is 15.5. The van der Waals surface area contributed by atoms with E-state index in [2.05, 4.69) is 9.71 Å². The second-order valence-corrected chi connectivity index (χ2v) is 6.86. The molecule has 0 radical (unpaired) electrons. The normalized spacial score (nSPS) is 12.2. The van der Waals surface area contributed by atoms with Gasteiger partial charge in [0.1, 0.15) is 5.65 Å². The summed E-state index contributed by atoms with van der Waals surface area (Å²) in [6, 6.07) is 15.1. The third kappa shape index (κ3) is 3.85. The van der Waals surface area contributed by atoms with Crippen molar-refractivity contribution >= 4 is 21.7 Å². The molecule has 0 aliphatic carbocycles. The van der Waals surface area contributed by atoms with Gasteiger partial charge in [0.2, 0.25) is 10.0 Å². The number of aryl methyl sites for hydroxylation is 1. The summed E-state index contributed by atoms with van der Waals surface area (Å²) in [5.74, 6) is 0. The molecule has 118 valence electrons. The molecule has 3 rings (SSSR count). The standard InChI is InChI=1S/C17H17N3O2S/c1-14-6-5-9-17-19-16(13-20(14)17)12-18-23(21,22)11-10-15-7-3-2-4-8-15/h2-11,13,18H,12H2,1H3. The van der Waals surface area contributed by atoms with Crippen molar-refractivity contribution in [3.8, 4) is 0 Å². The highest BCUT2D eigenvalue weighted by Gasteiger charge is 2.08. The Morgan fingerprint density at radius 2 is 1.91 bits per heavy atom. The fourth-order valence-corrected chi connectivity index (χ4v) is 3.02. The molecule has 1 N–H and O–H groups in total. The van der Waals surface area contributed by atoms with Gasteiger partial charge in [-0.2, -0.15) is 0 Å². The van der Waals surface area contributed by atoms with E-state index in [4.69, 9.17) is 0 Å². The van der Waals surface area contributed by atoms with Crippen molar-refractivity contribution in [1.82, 2.24) is 14.1 Å². The van der Waals surface area contributed by atoms with Gasteiger partial charge >= 0.3 is 0 Å². The van der Waals surface area contributed by atoms with Gasteiger partial charge < -0.3 is 4.40 Å². The number of rotatable bonds is 5. The molecule has 0 unspecified atom stereocenters. The molecule has 2 aromatic heterocycles. The molecule has 1 aromatic carbocycles. The monoisotopic (exact) mass is 327 g/mol. The van der Waals surface area contributed by atoms with Gasteiger partial charge in [-0.05, 0) is 30.7 Å². The van der Waals surface area contributed by atoms with Crippen molar-refractivity contribution in [1.29, 1.82) is 0 Å². The number of sulfonamides is 1. The molecule has 0 saturated carbocycles. The number of hydrogen-bond donors (Lipinski definition) is 1. The van der Waals surface area contributed by atoms with Gasteiger partial charge in [0.25, 0.3) is 0 Å². The summed E-state index contributed by atoms with van der Waals surface area (Å²) < 4.78 is 28.5. The number of nitrogens with one attached hydrogen (secondary N) is 1. The zero-order valence-electron chi connectivity index (χ0n) is 12.7. The average Bonchev–Trinajstić information content (AvgIpc) is 2.97. The lowest BCUT2D eigenvalue weighted by atomic mass is 10.2. The molecule has 0 atom stereocenters. The van der Waals surface area contributed by atoms with Gasteiger partial charge in [-0.3, -0.25) is 0 Å². The molecule has 6 heteroatoms. The lowest BCUT2D eigenvalue weighted by molar-refractivity contribution is 0.590. The van der Waals surface area contributed by atoms with Gasteiger partial charge in [-0.25, -0.2) is 18.1 Å². The maximum Gasteiger partial charge on any atom is 0.234 e. The topological polar surface area (TPSA) is 63.5 Å². The van der Waals surface area contributed by atoms with Crippen LogP contribution in [0.15, 0.2) is 60.1 Å². The average molecular weight is 327 g/mol. The zero-order chi connectivity index (χ0) is 16.3. The highest BCUT2D eigenvalue weighted by Crippen LogP contribution is 2.09. The summed E-state index contributed by atoms with van der Waals surface area (Å²) in [5, 5.41) is 1.17. The first-order chi connectivity index (χ1) is 11.0. The third-order valence-electron chi connectivity index (χ3n) is 3.44. The van der Waals surface area contributed by atoms with Crippen LogP contribution in [0, 0.1) is 6.92 Å². The maximum absolute atomic E-state index is 12.0. The molecular formula is C17H17N3O2S. The van der Waals surface area contributed by atoms with E-state index in [1.165, 1.54) is 5.41 Å². The largest absolute Gasteiger partial charge is 0.304 e. The van der Waals surface area contributed by atoms with Crippen LogP contribution in [0.3, 0.4) is 0 Å². The number of hydrogen-bond acceptors (Lipinski definition) is 3. The molecule has 5 nitrogen and oxygen atoms in total. The lowest BCUT2D eigenvalue weighted by Gasteiger charge is -2.00. The number of aromatic nitrogens is 2. The van der Waals surface area contributed by atoms with Crippen LogP contribution in [-0.2, 0) is 16.6 Å². The van der Waals surface area contributed by atoms with Crippen molar-refractivity contribution in [3.63, 3.8) is 0 Å². The van der Waals surface area contributed by atoms with Crippen molar-refractivity contribution in [2.24, 2.45) is 0 Å². The number of pyridine rings is 1. The Kier molecular flexibility index (Phi) is 4.27. The van der Waals surface area contributed by atoms with Crippen LogP contribution < -0.4 is 4.72 Å². The van der Waals surface area contributed by atoms with Crippen molar-refractivity contribution in [3.05, 3.63) is 77.1 Å². The third-order valence-corrected chi connectivity index (χ3v) is 4.48. The summed E-state index contributed by atoms with van der Waals surface area (Å²) in [4.78, 5) is 4.41. The fraction of sp³-hybridized carbons (Fsp3) is 0.118. The molecule has 0 amide bonds. The van der Waals surface area contributed by atoms with Crippen LogP contribution in [0.1, 0.15) is 17.0 Å². The van der Waals surface area contributed by atoms with Gasteiger partial charge in [-0.15, -0.1) is 0 Å². The van der Waals surface area contributed by atoms with Crippen molar-refractivity contribution < 1.29 is 8.42 Å². The summed E-state index contributed by atoms with van der Waals surface area (Å²) in [6.07, 6.45) is 3.41. The second kappa shape index (κ2) is 6.36. The highest BCUT2D eigenvalue weighted by atomic mass is 32.2. The Balaban J connectivity index is 1.71.